The van der Waals surface area contributed by atoms with Crippen molar-refractivity contribution in [3.63, 3.8) is 0 Å². The van der Waals surface area contributed by atoms with E-state index < -0.39 is 16.1 Å². The number of aryl methyl sites for hydroxylation is 1. The topological polar surface area (TPSA) is 64.6 Å². The van der Waals surface area contributed by atoms with Crippen molar-refractivity contribution in [1.82, 2.24) is 4.72 Å². The number of nitrogens with one attached hydrogen (secondary N) is 1. The molecule has 0 saturated carbocycles. The summed E-state index contributed by atoms with van der Waals surface area (Å²) in [7, 11) is -0.307. The second-order valence-corrected chi connectivity index (χ2v) is 7.84. The molecule has 7 heteroatoms. The zero-order chi connectivity index (χ0) is 18.3. The Hall–Kier alpha value is -1.60. The molecule has 2 aromatic carbocycles. The molecular formula is C18H22ClNO4S. The molecule has 0 aromatic heterocycles. The lowest BCUT2D eigenvalue weighted by Gasteiger charge is -2.18. The molecule has 25 heavy (non-hydrogen) atoms. The highest BCUT2D eigenvalue weighted by Gasteiger charge is 2.18. The fraction of sp³-hybridized carbons (Fsp3) is 0.333. The van der Waals surface area contributed by atoms with Gasteiger partial charge in [0.15, 0.2) is 0 Å². The van der Waals surface area contributed by atoms with Gasteiger partial charge >= 0.3 is 0 Å². The molecule has 0 unspecified atom stereocenters. The average molecular weight is 384 g/mol. The Balaban J connectivity index is 1.92. The van der Waals surface area contributed by atoms with Crippen LogP contribution < -0.4 is 9.46 Å². The zero-order valence-electron chi connectivity index (χ0n) is 14.2. The molecule has 0 aliphatic rings. The van der Waals surface area contributed by atoms with E-state index in [-0.39, 0.29) is 12.3 Å². The number of hydrogen-bond acceptors (Lipinski definition) is 4. The summed E-state index contributed by atoms with van der Waals surface area (Å²) in [4.78, 5) is 0. The molecule has 2 rings (SSSR count). The second kappa shape index (κ2) is 9.20. The van der Waals surface area contributed by atoms with Crippen LogP contribution in [0, 0.1) is 0 Å². The lowest BCUT2D eigenvalue weighted by Crippen LogP contribution is -2.31. The van der Waals surface area contributed by atoms with Crippen LogP contribution in [0.1, 0.15) is 17.2 Å². The maximum absolute atomic E-state index is 12.2. The van der Waals surface area contributed by atoms with Crippen LogP contribution in [0.25, 0.3) is 0 Å². The molecule has 0 fully saturated rings. The zero-order valence-corrected chi connectivity index (χ0v) is 15.8. The molecule has 2 aromatic rings. The van der Waals surface area contributed by atoms with Crippen molar-refractivity contribution in [3.05, 3.63) is 64.7 Å². The Kier molecular flexibility index (Phi) is 7.25. The minimum Gasteiger partial charge on any atom is -0.497 e. The predicted molar refractivity (Wildman–Crippen MR) is 99.7 cm³/mol. The minimum absolute atomic E-state index is 0.00170. The smallest absolute Gasteiger partial charge is 0.212 e. The monoisotopic (exact) mass is 383 g/mol. The maximum atomic E-state index is 12.2. The van der Waals surface area contributed by atoms with Crippen molar-refractivity contribution < 1.29 is 17.9 Å². The van der Waals surface area contributed by atoms with E-state index in [1.54, 1.807) is 13.2 Å². The number of benzene rings is 2. The van der Waals surface area contributed by atoms with E-state index >= 15 is 0 Å². The molecule has 0 spiro atoms. The highest BCUT2D eigenvalue weighted by molar-refractivity contribution is 7.89. The van der Waals surface area contributed by atoms with Crippen molar-refractivity contribution in [2.75, 3.05) is 26.5 Å². The maximum Gasteiger partial charge on any atom is 0.212 e. The van der Waals surface area contributed by atoms with Crippen molar-refractivity contribution in [3.8, 4) is 5.75 Å². The van der Waals surface area contributed by atoms with E-state index in [1.165, 1.54) is 7.11 Å². The van der Waals surface area contributed by atoms with Crippen LogP contribution in [0.15, 0.2) is 48.5 Å². The predicted octanol–water partition coefficient (Wildman–Crippen LogP) is 3.20. The number of methoxy groups -OCH3 is 2. The van der Waals surface area contributed by atoms with Crippen LogP contribution in [0.3, 0.4) is 0 Å². The van der Waals surface area contributed by atoms with Gasteiger partial charge < -0.3 is 9.47 Å². The fourth-order valence-electron chi connectivity index (χ4n) is 2.38. The summed E-state index contributed by atoms with van der Waals surface area (Å²) in [6.45, 7) is 0.130. The van der Waals surface area contributed by atoms with E-state index in [9.17, 15) is 8.42 Å². The van der Waals surface area contributed by atoms with E-state index in [4.69, 9.17) is 21.1 Å². The largest absolute Gasteiger partial charge is 0.497 e. The second-order valence-electron chi connectivity index (χ2n) is 5.51. The number of rotatable bonds is 9. The summed E-state index contributed by atoms with van der Waals surface area (Å²) < 4.78 is 37.5. The highest BCUT2D eigenvalue weighted by Crippen LogP contribution is 2.24. The standard InChI is InChI=1S/C18H22ClNO4S/c1-23-15-9-7-14(8-10-15)11-12-25(21,22)20-13-18(24-2)16-5-3-4-6-17(16)19/h3-10,18,20H,11-13H2,1-2H3/t18-/m0/s1. The quantitative estimate of drug-likeness (QED) is 0.722. The van der Waals surface area contributed by atoms with Crippen LogP contribution in [0.5, 0.6) is 5.75 Å². The Morgan fingerprint density at radius 2 is 1.76 bits per heavy atom. The summed E-state index contributed by atoms with van der Waals surface area (Å²) in [5, 5.41) is 0.548. The molecule has 136 valence electrons. The van der Waals surface area contributed by atoms with Gasteiger partial charge in [0.05, 0.1) is 19.0 Å². The van der Waals surface area contributed by atoms with Crippen molar-refractivity contribution in [1.29, 1.82) is 0 Å². The van der Waals surface area contributed by atoms with Crippen LogP contribution in [-0.2, 0) is 21.2 Å². The van der Waals surface area contributed by atoms with E-state index in [2.05, 4.69) is 4.72 Å². The first kappa shape index (κ1) is 19.7. The van der Waals surface area contributed by atoms with Crippen LogP contribution in [0.2, 0.25) is 5.02 Å². The molecule has 0 aliphatic carbocycles. The third kappa shape index (κ3) is 6.01. The van der Waals surface area contributed by atoms with E-state index in [0.717, 1.165) is 16.9 Å². The lowest BCUT2D eigenvalue weighted by molar-refractivity contribution is 0.107. The summed E-state index contributed by atoms with van der Waals surface area (Å²) in [5.74, 6) is 0.741. The molecule has 5 nitrogen and oxygen atoms in total. The summed E-state index contributed by atoms with van der Waals surface area (Å²) in [5.41, 5.74) is 1.69. The average Bonchev–Trinajstić information content (AvgIpc) is 2.62. The summed E-state index contributed by atoms with van der Waals surface area (Å²) >= 11 is 6.15. The van der Waals surface area contributed by atoms with Gasteiger partial charge in [-0.3, -0.25) is 0 Å². The normalized spacial score (nSPS) is 12.8. The lowest BCUT2D eigenvalue weighted by atomic mass is 10.1. The molecule has 0 amide bonds. The molecule has 0 radical (unpaired) electrons. The van der Waals surface area contributed by atoms with Gasteiger partial charge in [0.1, 0.15) is 5.75 Å². The van der Waals surface area contributed by atoms with E-state index in [1.807, 2.05) is 42.5 Å². The van der Waals surface area contributed by atoms with Crippen molar-refractivity contribution in [2.45, 2.75) is 12.5 Å². The molecule has 0 heterocycles. The Labute approximate surface area is 154 Å². The molecular weight excluding hydrogens is 362 g/mol. The fourth-order valence-corrected chi connectivity index (χ4v) is 3.69. The van der Waals surface area contributed by atoms with Gasteiger partial charge in [0.2, 0.25) is 10.0 Å². The van der Waals surface area contributed by atoms with Gasteiger partial charge in [0, 0.05) is 24.2 Å². The van der Waals surface area contributed by atoms with Gasteiger partial charge in [-0.05, 0) is 30.2 Å². The first-order valence-electron chi connectivity index (χ1n) is 7.82. The Morgan fingerprint density at radius 1 is 1.08 bits per heavy atom. The number of hydrogen-bond donors (Lipinski definition) is 1. The van der Waals surface area contributed by atoms with Gasteiger partial charge in [-0.1, -0.05) is 41.9 Å². The molecule has 1 N–H and O–H groups in total. The minimum atomic E-state index is -3.43. The molecule has 0 aliphatic heterocycles. The number of halogens is 1. The number of ether oxygens (including phenoxy) is 2. The van der Waals surface area contributed by atoms with Gasteiger partial charge in [0.25, 0.3) is 0 Å². The van der Waals surface area contributed by atoms with E-state index in [0.29, 0.717) is 11.4 Å². The molecule has 1 atom stereocenters. The summed E-state index contributed by atoms with van der Waals surface area (Å²) in [6, 6.07) is 14.6. The number of sulfonamides is 1. The van der Waals surface area contributed by atoms with Crippen molar-refractivity contribution >= 4 is 21.6 Å². The molecule has 0 saturated heterocycles. The van der Waals surface area contributed by atoms with Crippen LogP contribution in [-0.4, -0.2) is 34.9 Å². The highest BCUT2D eigenvalue weighted by atomic mass is 35.5. The first-order chi connectivity index (χ1) is 11.9. The Morgan fingerprint density at radius 3 is 2.36 bits per heavy atom. The molecule has 0 bridgehead atoms. The SMILES string of the molecule is COc1ccc(CCS(=O)(=O)NC[C@H](OC)c2ccccc2Cl)cc1. The Bertz CT molecular complexity index is 778. The van der Waals surface area contributed by atoms with Gasteiger partial charge in [-0.25, -0.2) is 13.1 Å². The van der Waals surface area contributed by atoms with Gasteiger partial charge in [-0.2, -0.15) is 0 Å². The van der Waals surface area contributed by atoms with Crippen LogP contribution >= 0.6 is 11.6 Å². The third-order valence-corrected chi connectivity index (χ3v) is 5.54. The first-order valence-corrected chi connectivity index (χ1v) is 9.85. The van der Waals surface area contributed by atoms with Gasteiger partial charge in [-0.15, -0.1) is 0 Å². The third-order valence-electron chi connectivity index (χ3n) is 3.84. The summed E-state index contributed by atoms with van der Waals surface area (Å²) in [6.07, 6.45) is -0.0206. The van der Waals surface area contributed by atoms with Crippen molar-refractivity contribution in [2.24, 2.45) is 0 Å². The van der Waals surface area contributed by atoms with Crippen LogP contribution in [0.4, 0.5) is 0 Å².